The lowest BCUT2D eigenvalue weighted by Crippen LogP contribution is -2.37. The zero-order valence-electron chi connectivity index (χ0n) is 16.1. The van der Waals surface area contributed by atoms with Crippen LogP contribution in [0.5, 0.6) is 11.5 Å². The summed E-state index contributed by atoms with van der Waals surface area (Å²) in [5.74, 6) is 0.927. The molecule has 1 aromatic carbocycles. The monoisotopic (exact) mass is 438 g/mol. The number of amides is 2. The summed E-state index contributed by atoms with van der Waals surface area (Å²) < 4.78 is 37.0. The van der Waals surface area contributed by atoms with E-state index in [1.807, 2.05) is 0 Å². The van der Waals surface area contributed by atoms with Crippen LogP contribution < -0.4 is 20.1 Å². The van der Waals surface area contributed by atoms with Crippen LogP contribution in [-0.2, 0) is 23.0 Å². The first-order valence-corrected chi connectivity index (χ1v) is 11.5. The van der Waals surface area contributed by atoms with Crippen molar-refractivity contribution in [2.75, 3.05) is 31.4 Å². The number of carbonyl (C=O) groups is 1. The highest BCUT2D eigenvalue weighted by molar-refractivity contribution is 7.90. The van der Waals surface area contributed by atoms with Gasteiger partial charge in [-0.05, 0) is 25.0 Å². The molecule has 2 heterocycles. The minimum Gasteiger partial charge on any atom is -0.493 e. The number of benzene rings is 1. The van der Waals surface area contributed by atoms with Gasteiger partial charge in [0.2, 0.25) is 10.0 Å². The number of methoxy groups -OCH3 is 2. The van der Waals surface area contributed by atoms with Gasteiger partial charge >= 0.3 is 6.03 Å². The van der Waals surface area contributed by atoms with Crippen molar-refractivity contribution in [2.45, 2.75) is 31.1 Å². The SMILES string of the molecule is COc1cccc(NC(=O)Nc2nc3c(s2)CN(S(=O)(=O)C2CC2)CC3)c1OC. The van der Waals surface area contributed by atoms with Gasteiger partial charge in [0.1, 0.15) is 0 Å². The molecule has 2 aromatic rings. The molecule has 1 aliphatic carbocycles. The Morgan fingerprint density at radius 2 is 2.03 bits per heavy atom. The van der Waals surface area contributed by atoms with Crippen molar-refractivity contribution >= 4 is 38.2 Å². The summed E-state index contributed by atoms with van der Waals surface area (Å²) in [6.07, 6.45) is 2.04. The number of nitrogens with zero attached hydrogens (tertiary/aromatic N) is 2. The van der Waals surface area contributed by atoms with Gasteiger partial charge in [0.15, 0.2) is 16.6 Å². The van der Waals surface area contributed by atoms with Crippen LogP contribution >= 0.6 is 11.3 Å². The molecule has 0 spiro atoms. The van der Waals surface area contributed by atoms with Crippen LogP contribution in [0.4, 0.5) is 15.6 Å². The molecule has 0 radical (unpaired) electrons. The molecule has 0 atom stereocenters. The molecular formula is C18H22N4O5S2. The smallest absolute Gasteiger partial charge is 0.325 e. The Balaban J connectivity index is 1.44. The van der Waals surface area contributed by atoms with Crippen LogP contribution in [0.1, 0.15) is 23.4 Å². The van der Waals surface area contributed by atoms with Crippen molar-refractivity contribution in [3.8, 4) is 11.5 Å². The summed E-state index contributed by atoms with van der Waals surface area (Å²) in [5.41, 5.74) is 1.30. The molecule has 1 fully saturated rings. The quantitative estimate of drug-likeness (QED) is 0.718. The fourth-order valence-electron chi connectivity index (χ4n) is 3.26. The molecule has 156 valence electrons. The van der Waals surface area contributed by atoms with Crippen molar-refractivity contribution in [1.82, 2.24) is 9.29 Å². The lowest BCUT2D eigenvalue weighted by molar-refractivity contribution is 0.262. The summed E-state index contributed by atoms with van der Waals surface area (Å²) in [5, 5.41) is 5.65. The fourth-order valence-corrected chi connectivity index (χ4v) is 6.16. The molecule has 1 aliphatic heterocycles. The average Bonchev–Trinajstić information content (AvgIpc) is 3.48. The summed E-state index contributed by atoms with van der Waals surface area (Å²) in [4.78, 5) is 17.8. The molecule has 2 N–H and O–H groups in total. The Bertz CT molecular complexity index is 1030. The van der Waals surface area contributed by atoms with E-state index in [0.717, 1.165) is 23.4 Å². The third-order valence-electron chi connectivity index (χ3n) is 4.87. The van der Waals surface area contributed by atoms with Crippen LogP contribution in [0.15, 0.2) is 18.2 Å². The summed E-state index contributed by atoms with van der Waals surface area (Å²) in [7, 11) is -0.194. The number of hydrogen-bond donors (Lipinski definition) is 2. The number of hydrogen-bond acceptors (Lipinski definition) is 7. The summed E-state index contributed by atoms with van der Waals surface area (Å²) >= 11 is 1.30. The van der Waals surface area contributed by atoms with E-state index in [9.17, 15) is 13.2 Å². The van der Waals surface area contributed by atoms with E-state index in [-0.39, 0.29) is 5.25 Å². The van der Waals surface area contributed by atoms with Gasteiger partial charge in [0.05, 0.1) is 30.9 Å². The highest BCUT2D eigenvalue weighted by Gasteiger charge is 2.41. The molecule has 4 rings (SSSR count). The van der Waals surface area contributed by atoms with Crippen LogP contribution in [-0.4, -0.2) is 49.8 Å². The molecule has 0 saturated heterocycles. The summed E-state index contributed by atoms with van der Waals surface area (Å²) in [6.45, 7) is 0.751. The highest BCUT2D eigenvalue weighted by atomic mass is 32.2. The standard InChI is InChI=1S/C18H22N4O5S2/c1-26-14-5-3-4-13(16(14)27-2)19-17(23)21-18-20-12-8-9-22(10-15(12)28-18)29(24,25)11-6-7-11/h3-5,11H,6-10H2,1-2H3,(H2,19,20,21,23). The van der Waals surface area contributed by atoms with E-state index in [1.54, 1.807) is 18.2 Å². The number of anilines is 2. The van der Waals surface area contributed by atoms with Gasteiger partial charge in [-0.2, -0.15) is 4.31 Å². The summed E-state index contributed by atoms with van der Waals surface area (Å²) in [6, 6.07) is 4.71. The number of rotatable bonds is 6. The van der Waals surface area contributed by atoms with E-state index >= 15 is 0 Å². The topological polar surface area (TPSA) is 110 Å². The van der Waals surface area contributed by atoms with Crippen molar-refractivity contribution in [3.05, 3.63) is 28.8 Å². The molecule has 1 saturated carbocycles. The Morgan fingerprint density at radius 1 is 1.24 bits per heavy atom. The maximum Gasteiger partial charge on any atom is 0.325 e. The predicted molar refractivity (Wildman–Crippen MR) is 110 cm³/mol. The van der Waals surface area contributed by atoms with E-state index in [0.29, 0.717) is 41.8 Å². The molecule has 9 nitrogen and oxygen atoms in total. The molecule has 2 amide bonds. The lowest BCUT2D eigenvalue weighted by Gasteiger charge is -2.25. The number of aromatic nitrogens is 1. The zero-order valence-corrected chi connectivity index (χ0v) is 17.7. The fraction of sp³-hybridized carbons (Fsp3) is 0.444. The Kier molecular flexibility index (Phi) is 5.36. The van der Waals surface area contributed by atoms with E-state index in [2.05, 4.69) is 15.6 Å². The normalized spacial score (nSPS) is 16.8. The van der Waals surface area contributed by atoms with E-state index in [4.69, 9.17) is 9.47 Å². The number of sulfonamides is 1. The van der Waals surface area contributed by atoms with Crippen LogP contribution in [0.3, 0.4) is 0 Å². The number of carbonyl (C=O) groups excluding carboxylic acids is 1. The maximum atomic E-state index is 12.5. The van der Waals surface area contributed by atoms with Gasteiger partial charge in [0.25, 0.3) is 0 Å². The van der Waals surface area contributed by atoms with Crippen LogP contribution in [0.2, 0.25) is 0 Å². The minimum atomic E-state index is -3.21. The second-order valence-electron chi connectivity index (χ2n) is 6.84. The molecule has 0 unspecified atom stereocenters. The van der Waals surface area contributed by atoms with E-state index in [1.165, 1.54) is 29.9 Å². The molecular weight excluding hydrogens is 416 g/mol. The lowest BCUT2D eigenvalue weighted by atomic mass is 10.2. The maximum absolute atomic E-state index is 12.5. The van der Waals surface area contributed by atoms with E-state index < -0.39 is 16.1 Å². The first-order chi connectivity index (χ1) is 13.9. The van der Waals surface area contributed by atoms with Crippen molar-refractivity contribution in [3.63, 3.8) is 0 Å². The Labute approximate surface area is 173 Å². The predicted octanol–water partition coefficient (Wildman–Crippen LogP) is 2.65. The number of nitrogens with one attached hydrogen (secondary N) is 2. The second-order valence-corrected chi connectivity index (χ2v) is 10.1. The van der Waals surface area contributed by atoms with Gasteiger partial charge in [-0.25, -0.2) is 18.2 Å². The first kappa shape index (κ1) is 19.9. The van der Waals surface area contributed by atoms with Crippen molar-refractivity contribution in [2.24, 2.45) is 0 Å². The van der Waals surface area contributed by atoms with Crippen molar-refractivity contribution in [1.29, 1.82) is 0 Å². The largest absolute Gasteiger partial charge is 0.493 e. The molecule has 0 bridgehead atoms. The van der Waals surface area contributed by atoms with Crippen LogP contribution in [0, 0.1) is 0 Å². The molecule has 11 heteroatoms. The minimum absolute atomic E-state index is 0.224. The van der Waals surface area contributed by atoms with Gasteiger partial charge in [-0.3, -0.25) is 5.32 Å². The first-order valence-electron chi connectivity index (χ1n) is 9.19. The second kappa shape index (κ2) is 7.81. The number of para-hydroxylation sites is 1. The molecule has 2 aliphatic rings. The van der Waals surface area contributed by atoms with Gasteiger partial charge in [0, 0.05) is 24.4 Å². The van der Waals surface area contributed by atoms with Gasteiger partial charge < -0.3 is 14.8 Å². The Hall–Kier alpha value is -2.37. The number of fused-ring (bicyclic) bond motifs is 1. The molecule has 1 aromatic heterocycles. The van der Waals surface area contributed by atoms with Crippen molar-refractivity contribution < 1.29 is 22.7 Å². The van der Waals surface area contributed by atoms with Gasteiger partial charge in [-0.15, -0.1) is 0 Å². The highest BCUT2D eigenvalue weighted by Crippen LogP contribution is 2.36. The number of ether oxygens (including phenoxy) is 2. The zero-order chi connectivity index (χ0) is 20.6. The average molecular weight is 439 g/mol. The van der Waals surface area contributed by atoms with Crippen LogP contribution in [0.25, 0.3) is 0 Å². The Morgan fingerprint density at radius 3 is 2.72 bits per heavy atom. The molecule has 29 heavy (non-hydrogen) atoms. The third-order valence-corrected chi connectivity index (χ3v) is 8.22. The third kappa shape index (κ3) is 4.02. The van der Waals surface area contributed by atoms with Gasteiger partial charge in [-0.1, -0.05) is 17.4 Å². The number of urea groups is 1. The number of thiazole rings is 1.